The van der Waals surface area contributed by atoms with Crippen LogP contribution in [0.1, 0.15) is 10.4 Å². The zero-order valence-electron chi connectivity index (χ0n) is 15.8. The predicted molar refractivity (Wildman–Crippen MR) is 108 cm³/mol. The van der Waals surface area contributed by atoms with E-state index in [9.17, 15) is 4.79 Å². The van der Waals surface area contributed by atoms with Gasteiger partial charge in [0.05, 0.1) is 25.3 Å². The van der Waals surface area contributed by atoms with Gasteiger partial charge in [-0.3, -0.25) is 4.79 Å². The number of aromatic nitrogens is 2. The molecule has 0 aliphatic carbocycles. The van der Waals surface area contributed by atoms with Gasteiger partial charge < -0.3 is 19.7 Å². The van der Waals surface area contributed by atoms with Gasteiger partial charge in [0.15, 0.2) is 0 Å². The minimum Gasteiger partial charge on any atom is -0.494 e. The third kappa shape index (κ3) is 4.20. The highest BCUT2D eigenvalue weighted by Gasteiger charge is 2.16. The van der Waals surface area contributed by atoms with Gasteiger partial charge in [-0.15, -0.1) is 12.4 Å². The molecule has 0 bridgehead atoms. The van der Waals surface area contributed by atoms with E-state index in [1.54, 1.807) is 38.5 Å². The molecule has 0 atom stereocenters. The second-order valence-electron chi connectivity index (χ2n) is 6.12. The summed E-state index contributed by atoms with van der Waals surface area (Å²) in [5.74, 6) is 1.02. The molecule has 1 aromatic heterocycles. The Kier molecular flexibility index (Phi) is 6.76. The van der Waals surface area contributed by atoms with Crippen LogP contribution in [-0.4, -0.2) is 62.2 Å². The van der Waals surface area contributed by atoms with Gasteiger partial charge in [0.2, 0.25) is 0 Å². The summed E-state index contributed by atoms with van der Waals surface area (Å²) in [6.45, 7) is 1.32. The van der Waals surface area contributed by atoms with Crippen LogP contribution in [0, 0.1) is 0 Å². The van der Waals surface area contributed by atoms with Gasteiger partial charge in [-0.2, -0.15) is 0 Å². The topological polar surface area (TPSA) is 76.6 Å². The first-order valence-corrected chi connectivity index (χ1v) is 8.29. The van der Waals surface area contributed by atoms with Crippen LogP contribution >= 0.6 is 12.4 Å². The van der Waals surface area contributed by atoms with E-state index >= 15 is 0 Å². The molecule has 2 aromatic carbocycles. The summed E-state index contributed by atoms with van der Waals surface area (Å²) in [5.41, 5.74) is 2.82. The molecular formula is C19H23ClN4O3. The number of carbonyl (C=O) groups is 1. The van der Waals surface area contributed by atoms with Gasteiger partial charge in [-0.1, -0.05) is 6.07 Å². The van der Waals surface area contributed by atoms with E-state index in [4.69, 9.17) is 9.47 Å². The highest BCUT2D eigenvalue weighted by Crippen LogP contribution is 2.32. The third-order valence-corrected chi connectivity index (χ3v) is 4.08. The predicted octanol–water partition coefficient (Wildman–Crippen LogP) is 2.51. The SMILES string of the molecule is COc1ccc(OC)c2nc3c(C(=O)NCCN(C)C)cccc3nc12.Cl. The zero-order valence-corrected chi connectivity index (χ0v) is 16.6. The number of benzene rings is 2. The van der Waals surface area contributed by atoms with Crippen LogP contribution in [0.4, 0.5) is 0 Å². The van der Waals surface area contributed by atoms with Gasteiger partial charge in [0, 0.05) is 13.1 Å². The fourth-order valence-corrected chi connectivity index (χ4v) is 2.73. The lowest BCUT2D eigenvalue weighted by atomic mass is 10.1. The highest BCUT2D eigenvalue weighted by atomic mass is 35.5. The Balaban J connectivity index is 0.00000261. The zero-order chi connectivity index (χ0) is 18.7. The van der Waals surface area contributed by atoms with Crippen molar-refractivity contribution in [2.75, 3.05) is 41.4 Å². The number of hydrogen-bond donors (Lipinski definition) is 1. The number of nitrogens with one attached hydrogen (secondary N) is 1. The Bertz CT molecular complexity index is 962. The Morgan fingerprint density at radius 3 is 2.22 bits per heavy atom. The maximum Gasteiger partial charge on any atom is 0.253 e. The van der Waals surface area contributed by atoms with Gasteiger partial charge in [-0.05, 0) is 38.4 Å². The number of amides is 1. The fourth-order valence-electron chi connectivity index (χ4n) is 2.73. The second kappa shape index (κ2) is 8.83. The molecule has 0 spiro atoms. The number of para-hydroxylation sites is 1. The van der Waals surface area contributed by atoms with Crippen LogP contribution in [-0.2, 0) is 0 Å². The molecule has 0 unspecified atom stereocenters. The third-order valence-electron chi connectivity index (χ3n) is 4.08. The second-order valence-corrected chi connectivity index (χ2v) is 6.12. The minimum atomic E-state index is -0.173. The standard InChI is InChI=1S/C19H22N4O3.ClH/c1-23(2)11-10-20-19(24)12-6-5-7-13-16(12)22-18-15(26-4)9-8-14(25-3)17(18)21-13;/h5-9H,10-11H2,1-4H3,(H,20,24);1H. The summed E-state index contributed by atoms with van der Waals surface area (Å²) in [7, 11) is 7.08. The molecule has 1 N–H and O–H groups in total. The van der Waals surface area contributed by atoms with Crippen molar-refractivity contribution in [3.05, 3.63) is 35.9 Å². The van der Waals surface area contributed by atoms with Crippen LogP contribution in [0.3, 0.4) is 0 Å². The molecule has 0 radical (unpaired) electrons. The number of fused-ring (bicyclic) bond motifs is 2. The molecule has 3 aromatic rings. The van der Waals surface area contributed by atoms with E-state index in [2.05, 4.69) is 15.3 Å². The molecule has 0 aliphatic rings. The summed E-state index contributed by atoms with van der Waals surface area (Å²) in [6, 6.07) is 8.95. The van der Waals surface area contributed by atoms with Crippen LogP contribution in [0.15, 0.2) is 30.3 Å². The monoisotopic (exact) mass is 390 g/mol. The largest absolute Gasteiger partial charge is 0.494 e. The minimum absolute atomic E-state index is 0. The summed E-state index contributed by atoms with van der Waals surface area (Å²) in [4.78, 5) is 23.9. The molecule has 7 nitrogen and oxygen atoms in total. The summed E-state index contributed by atoms with van der Waals surface area (Å²) < 4.78 is 10.8. The van der Waals surface area contributed by atoms with Crippen molar-refractivity contribution in [2.24, 2.45) is 0 Å². The van der Waals surface area contributed by atoms with Crippen molar-refractivity contribution >= 4 is 40.4 Å². The molecule has 3 rings (SSSR count). The molecule has 1 heterocycles. The van der Waals surface area contributed by atoms with E-state index in [1.165, 1.54) is 0 Å². The fraction of sp³-hybridized carbons (Fsp3) is 0.316. The van der Waals surface area contributed by atoms with Crippen molar-refractivity contribution in [1.82, 2.24) is 20.2 Å². The van der Waals surface area contributed by atoms with Crippen molar-refractivity contribution in [1.29, 1.82) is 0 Å². The van der Waals surface area contributed by atoms with E-state index < -0.39 is 0 Å². The van der Waals surface area contributed by atoms with Crippen molar-refractivity contribution in [3.8, 4) is 11.5 Å². The first kappa shape index (κ1) is 20.7. The lowest BCUT2D eigenvalue weighted by Crippen LogP contribution is -2.31. The van der Waals surface area contributed by atoms with E-state index in [-0.39, 0.29) is 18.3 Å². The van der Waals surface area contributed by atoms with Crippen LogP contribution in [0.5, 0.6) is 11.5 Å². The van der Waals surface area contributed by atoms with Crippen LogP contribution in [0.25, 0.3) is 22.1 Å². The molecule has 27 heavy (non-hydrogen) atoms. The number of nitrogens with zero attached hydrogens (tertiary/aromatic N) is 3. The van der Waals surface area contributed by atoms with E-state index in [0.29, 0.717) is 45.7 Å². The number of ether oxygens (including phenoxy) is 2. The number of carbonyl (C=O) groups excluding carboxylic acids is 1. The number of methoxy groups -OCH3 is 2. The first-order valence-electron chi connectivity index (χ1n) is 8.29. The van der Waals surface area contributed by atoms with Gasteiger partial charge in [-0.25, -0.2) is 9.97 Å². The van der Waals surface area contributed by atoms with Gasteiger partial charge >= 0.3 is 0 Å². The number of rotatable bonds is 6. The number of hydrogen-bond acceptors (Lipinski definition) is 6. The normalized spacial score (nSPS) is 10.7. The summed E-state index contributed by atoms with van der Waals surface area (Å²) >= 11 is 0. The van der Waals surface area contributed by atoms with E-state index in [1.807, 2.05) is 25.1 Å². The average molecular weight is 391 g/mol. The summed E-state index contributed by atoms with van der Waals surface area (Å²) in [5, 5.41) is 2.92. The van der Waals surface area contributed by atoms with Crippen LogP contribution in [0.2, 0.25) is 0 Å². The number of likely N-dealkylation sites (N-methyl/N-ethyl adjacent to an activating group) is 1. The molecule has 0 saturated carbocycles. The van der Waals surface area contributed by atoms with Crippen molar-refractivity contribution in [2.45, 2.75) is 0 Å². The Labute approximate surface area is 164 Å². The van der Waals surface area contributed by atoms with Gasteiger partial charge in [0.25, 0.3) is 5.91 Å². The molecular weight excluding hydrogens is 368 g/mol. The Hall–Kier alpha value is -2.64. The molecule has 0 aliphatic heterocycles. The van der Waals surface area contributed by atoms with E-state index in [0.717, 1.165) is 6.54 Å². The molecule has 144 valence electrons. The smallest absolute Gasteiger partial charge is 0.253 e. The van der Waals surface area contributed by atoms with Gasteiger partial charge in [0.1, 0.15) is 28.0 Å². The molecule has 8 heteroatoms. The Morgan fingerprint density at radius 2 is 1.63 bits per heavy atom. The molecule has 0 saturated heterocycles. The maximum absolute atomic E-state index is 12.6. The van der Waals surface area contributed by atoms with Crippen LogP contribution < -0.4 is 14.8 Å². The van der Waals surface area contributed by atoms with Crippen molar-refractivity contribution < 1.29 is 14.3 Å². The quantitative estimate of drug-likeness (QED) is 0.652. The highest BCUT2D eigenvalue weighted by molar-refractivity contribution is 6.06. The Morgan fingerprint density at radius 1 is 1.00 bits per heavy atom. The molecule has 1 amide bonds. The maximum atomic E-state index is 12.6. The lowest BCUT2D eigenvalue weighted by Gasteiger charge is -2.12. The average Bonchev–Trinajstić information content (AvgIpc) is 2.64. The van der Waals surface area contributed by atoms with Crippen molar-refractivity contribution in [3.63, 3.8) is 0 Å². The molecule has 0 fully saturated rings. The first-order chi connectivity index (χ1) is 12.5. The summed E-state index contributed by atoms with van der Waals surface area (Å²) in [6.07, 6.45) is 0. The number of halogens is 1. The lowest BCUT2D eigenvalue weighted by molar-refractivity contribution is 0.0952.